The van der Waals surface area contributed by atoms with E-state index < -0.39 is 22.0 Å². The molecule has 2 N–H and O–H groups in total. The van der Waals surface area contributed by atoms with Gasteiger partial charge in [0.1, 0.15) is 10.6 Å². The Morgan fingerprint density at radius 1 is 1.29 bits per heavy atom. The molecule has 3 fully saturated rings. The van der Waals surface area contributed by atoms with Gasteiger partial charge in [-0.1, -0.05) is 11.3 Å². The van der Waals surface area contributed by atoms with Gasteiger partial charge in [-0.3, -0.25) is 4.40 Å². The number of anilines is 1. The van der Waals surface area contributed by atoms with Crippen molar-refractivity contribution >= 4 is 32.7 Å². The van der Waals surface area contributed by atoms with E-state index in [0.29, 0.717) is 17.4 Å². The summed E-state index contributed by atoms with van der Waals surface area (Å²) >= 11 is 0.782. The molecule has 1 aliphatic heterocycles. The lowest BCUT2D eigenvalue weighted by Crippen LogP contribution is -2.55. The standard InChI is InChI=1S/C21H25F2N7O2S2/c1-21(5-6-21)28-34(31,32)12-9-15(29-8-7-24-13-3-2-4-14(13)29)18-25-10-16(30(18)11-12)19-26-27-20(33-19)17(22)23/h9-11,13-14,17,24,28H,2-8H2,1H3/t13-,14+/m0/s1. The van der Waals surface area contributed by atoms with Gasteiger partial charge in [0.15, 0.2) is 15.7 Å². The smallest absolute Gasteiger partial charge is 0.291 e. The van der Waals surface area contributed by atoms with Crippen LogP contribution in [0.4, 0.5) is 14.5 Å². The molecule has 3 aliphatic rings. The molecule has 4 heterocycles. The number of halogens is 2. The number of hydrogen-bond acceptors (Lipinski definition) is 8. The summed E-state index contributed by atoms with van der Waals surface area (Å²) in [5, 5.41) is 11.0. The number of fused-ring (bicyclic) bond motifs is 2. The Morgan fingerprint density at radius 2 is 2.12 bits per heavy atom. The molecule has 182 valence electrons. The third kappa shape index (κ3) is 3.78. The highest BCUT2D eigenvalue weighted by atomic mass is 32.2. The Morgan fingerprint density at radius 3 is 2.85 bits per heavy atom. The third-order valence-corrected chi connectivity index (χ3v) is 9.61. The Hall–Kier alpha value is -2.22. The van der Waals surface area contributed by atoms with Crippen LogP contribution in [0.15, 0.2) is 23.4 Å². The Kier molecular flexibility index (Phi) is 5.17. The summed E-state index contributed by atoms with van der Waals surface area (Å²) < 4.78 is 57.5. The molecule has 0 radical (unpaired) electrons. The van der Waals surface area contributed by atoms with Gasteiger partial charge in [0.25, 0.3) is 6.43 Å². The second kappa shape index (κ2) is 7.90. The molecule has 34 heavy (non-hydrogen) atoms. The minimum Gasteiger partial charge on any atom is -0.363 e. The molecule has 2 atom stereocenters. The quantitative estimate of drug-likeness (QED) is 0.527. The van der Waals surface area contributed by atoms with Crippen molar-refractivity contribution in [2.45, 2.75) is 68.0 Å². The molecule has 2 aliphatic carbocycles. The average Bonchev–Trinajstić information content (AvgIpc) is 3.26. The van der Waals surface area contributed by atoms with Crippen molar-refractivity contribution in [1.82, 2.24) is 29.6 Å². The number of piperazine rings is 1. The van der Waals surface area contributed by atoms with E-state index in [1.54, 1.807) is 16.7 Å². The second-order valence-electron chi connectivity index (χ2n) is 9.56. The lowest BCUT2D eigenvalue weighted by Gasteiger charge is -2.40. The molecule has 3 aromatic heterocycles. The van der Waals surface area contributed by atoms with Crippen LogP contribution in [0.2, 0.25) is 0 Å². The number of imidazole rings is 1. The SMILES string of the molecule is CC1(NS(=O)(=O)c2cc(N3CCN[C@H]4CCC[C@H]43)c3ncc(-c4nnc(C(F)F)s4)n3c2)CC1. The zero-order valence-corrected chi connectivity index (χ0v) is 20.2. The van der Waals surface area contributed by atoms with Gasteiger partial charge in [-0.2, -0.15) is 0 Å². The zero-order chi connectivity index (χ0) is 23.7. The number of nitrogens with one attached hydrogen (secondary N) is 2. The van der Waals surface area contributed by atoms with Gasteiger partial charge >= 0.3 is 0 Å². The van der Waals surface area contributed by atoms with Gasteiger partial charge in [-0.25, -0.2) is 26.9 Å². The van der Waals surface area contributed by atoms with Gasteiger partial charge < -0.3 is 10.2 Å². The number of pyridine rings is 1. The normalized spacial score (nSPS) is 24.2. The largest absolute Gasteiger partial charge is 0.363 e. The van der Waals surface area contributed by atoms with Crippen molar-refractivity contribution < 1.29 is 17.2 Å². The summed E-state index contributed by atoms with van der Waals surface area (Å²) in [5.74, 6) is 0. The van der Waals surface area contributed by atoms with Crippen LogP contribution in [0.3, 0.4) is 0 Å². The van der Waals surface area contributed by atoms with Crippen LogP contribution < -0.4 is 14.9 Å². The van der Waals surface area contributed by atoms with Crippen molar-refractivity contribution in [3.05, 3.63) is 23.5 Å². The lowest BCUT2D eigenvalue weighted by atomic mass is 10.1. The van der Waals surface area contributed by atoms with E-state index >= 15 is 0 Å². The van der Waals surface area contributed by atoms with Crippen molar-refractivity contribution in [2.75, 3.05) is 18.0 Å². The summed E-state index contributed by atoms with van der Waals surface area (Å²) in [7, 11) is -3.81. The van der Waals surface area contributed by atoms with Crippen LogP contribution in [0.1, 0.15) is 50.5 Å². The predicted molar refractivity (Wildman–Crippen MR) is 124 cm³/mol. The highest BCUT2D eigenvalue weighted by Crippen LogP contribution is 2.39. The highest BCUT2D eigenvalue weighted by molar-refractivity contribution is 7.89. The number of sulfonamides is 1. The molecule has 0 bridgehead atoms. The van der Waals surface area contributed by atoms with Crippen molar-refractivity contribution in [2.24, 2.45) is 0 Å². The number of aromatic nitrogens is 4. The van der Waals surface area contributed by atoms with Crippen LogP contribution in [-0.2, 0) is 10.0 Å². The maximum atomic E-state index is 13.4. The van der Waals surface area contributed by atoms with Crippen LogP contribution in [0.25, 0.3) is 16.3 Å². The van der Waals surface area contributed by atoms with E-state index in [0.717, 1.165) is 62.2 Å². The van der Waals surface area contributed by atoms with Crippen molar-refractivity contribution in [3.63, 3.8) is 0 Å². The topological polar surface area (TPSA) is 105 Å². The maximum absolute atomic E-state index is 13.4. The molecule has 3 aromatic rings. The monoisotopic (exact) mass is 509 g/mol. The van der Waals surface area contributed by atoms with Crippen molar-refractivity contribution in [1.29, 1.82) is 0 Å². The first-order chi connectivity index (χ1) is 16.2. The Balaban J connectivity index is 1.51. The first-order valence-electron chi connectivity index (χ1n) is 11.4. The van der Waals surface area contributed by atoms with E-state index in [4.69, 9.17) is 0 Å². The minimum atomic E-state index is -3.81. The first-order valence-corrected chi connectivity index (χ1v) is 13.7. The lowest BCUT2D eigenvalue weighted by molar-refractivity contribution is 0.150. The van der Waals surface area contributed by atoms with Gasteiger partial charge in [0.2, 0.25) is 10.0 Å². The van der Waals surface area contributed by atoms with Crippen LogP contribution in [-0.4, -0.2) is 58.7 Å². The van der Waals surface area contributed by atoms with E-state index in [-0.39, 0.29) is 21.0 Å². The van der Waals surface area contributed by atoms with Crippen LogP contribution in [0, 0.1) is 0 Å². The average molecular weight is 510 g/mol. The van der Waals surface area contributed by atoms with Gasteiger partial charge in [-0.15, -0.1) is 10.2 Å². The number of rotatable bonds is 6. The summed E-state index contributed by atoms with van der Waals surface area (Å²) in [6.07, 6.45) is 5.12. The van der Waals surface area contributed by atoms with Crippen molar-refractivity contribution in [3.8, 4) is 10.7 Å². The van der Waals surface area contributed by atoms with E-state index in [9.17, 15) is 17.2 Å². The molecule has 0 amide bonds. The summed E-state index contributed by atoms with van der Waals surface area (Å²) in [6.45, 7) is 3.41. The van der Waals surface area contributed by atoms with Gasteiger partial charge in [0.05, 0.1) is 11.9 Å². The minimum absolute atomic E-state index is 0.119. The molecule has 2 saturated carbocycles. The maximum Gasteiger partial charge on any atom is 0.291 e. The number of alkyl halides is 2. The molecule has 1 saturated heterocycles. The number of hydrogen-bond donors (Lipinski definition) is 2. The summed E-state index contributed by atoms with van der Waals surface area (Å²) in [4.78, 5) is 6.96. The number of nitrogens with zero attached hydrogens (tertiary/aromatic N) is 5. The fourth-order valence-corrected chi connectivity index (χ4v) is 7.24. The van der Waals surface area contributed by atoms with E-state index in [1.165, 1.54) is 6.20 Å². The van der Waals surface area contributed by atoms with Gasteiger partial charge in [0, 0.05) is 36.9 Å². The van der Waals surface area contributed by atoms with E-state index in [2.05, 4.69) is 30.1 Å². The van der Waals surface area contributed by atoms with Crippen LogP contribution >= 0.6 is 11.3 Å². The predicted octanol–water partition coefficient (Wildman–Crippen LogP) is 2.95. The molecule has 0 unspecified atom stereocenters. The van der Waals surface area contributed by atoms with E-state index in [1.807, 2.05) is 6.92 Å². The first kappa shape index (κ1) is 22.3. The van der Waals surface area contributed by atoms with Crippen LogP contribution in [0.5, 0.6) is 0 Å². The Labute approximate surface area is 199 Å². The third-order valence-electron chi connectivity index (χ3n) is 7.05. The molecule has 9 nitrogen and oxygen atoms in total. The molecule has 0 spiro atoms. The molecule has 13 heteroatoms. The highest BCUT2D eigenvalue weighted by Gasteiger charge is 2.42. The fourth-order valence-electron chi connectivity index (χ4n) is 5.05. The molecular weight excluding hydrogens is 484 g/mol. The zero-order valence-electron chi connectivity index (χ0n) is 18.5. The molecule has 6 rings (SSSR count). The van der Waals surface area contributed by atoms with Gasteiger partial charge in [-0.05, 0) is 45.1 Å². The summed E-state index contributed by atoms with van der Waals surface area (Å²) in [5.41, 5.74) is 1.32. The molecule has 0 aromatic carbocycles. The summed E-state index contributed by atoms with van der Waals surface area (Å²) in [6, 6.07) is 2.30. The Bertz CT molecular complexity index is 1350. The molecular formula is C21H25F2N7O2S2. The fraction of sp³-hybridized carbons (Fsp3) is 0.571. The second-order valence-corrected chi connectivity index (χ2v) is 12.3.